The Hall–Kier alpha value is -1.92. The Morgan fingerprint density at radius 1 is 1.27 bits per heavy atom. The lowest BCUT2D eigenvalue weighted by Gasteiger charge is -2.23. The number of carbonyl (C=O) groups is 1. The van der Waals surface area contributed by atoms with Crippen LogP contribution in [0.2, 0.25) is 0 Å². The first-order valence-electron chi connectivity index (χ1n) is 8.95. The van der Waals surface area contributed by atoms with Gasteiger partial charge >= 0.3 is 0 Å². The van der Waals surface area contributed by atoms with Crippen LogP contribution in [-0.4, -0.2) is 35.3 Å². The molecular formula is C19H24ClFN4O. The predicted octanol–water partition coefficient (Wildman–Crippen LogP) is 2.48. The maximum absolute atomic E-state index is 13.0. The molecule has 1 aromatic heterocycles. The molecule has 1 atom stereocenters. The molecule has 26 heavy (non-hydrogen) atoms. The standard InChI is InChI=1S/C19H23FN4O.ClH/c20-14-1-3-16(4-2-14)24-12-6-15(23-24)5-9-22-18(25)17-13-19(17)7-10-21-11-8-19;/h1-4,6,12,17,21H,5,7-11,13H2,(H,22,25);1H. The third-order valence-electron chi connectivity index (χ3n) is 5.52. The van der Waals surface area contributed by atoms with Gasteiger partial charge in [0.1, 0.15) is 5.82 Å². The Balaban J connectivity index is 0.00000196. The van der Waals surface area contributed by atoms with Crippen molar-refractivity contribution in [3.05, 3.63) is 48.0 Å². The summed E-state index contributed by atoms with van der Waals surface area (Å²) in [6, 6.07) is 8.16. The van der Waals surface area contributed by atoms with Crippen LogP contribution in [0.5, 0.6) is 0 Å². The molecule has 0 bridgehead atoms. The zero-order chi connectivity index (χ0) is 17.3. The molecular weight excluding hydrogens is 355 g/mol. The van der Waals surface area contributed by atoms with Gasteiger partial charge in [-0.3, -0.25) is 4.79 Å². The molecule has 1 amide bonds. The second kappa shape index (κ2) is 7.76. The third-order valence-corrected chi connectivity index (χ3v) is 5.52. The summed E-state index contributed by atoms with van der Waals surface area (Å²) in [5.41, 5.74) is 2.01. The molecule has 2 N–H and O–H groups in total. The van der Waals surface area contributed by atoms with Gasteiger partial charge in [-0.05, 0) is 68.1 Å². The molecule has 5 nitrogen and oxygen atoms in total. The van der Waals surface area contributed by atoms with Gasteiger partial charge in [0, 0.05) is 25.1 Å². The summed E-state index contributed by atoms with van der Waals surface area (Å²) in [5, 5.41) is 10.9. The molecule has 2 aromatic rings. The molecule has 2 heterocycles. The maximum Gasteiger partial charge on any atom is 0.223 e. The summed E-state index contributed by atoms with van der Waals surface area (Å²) < 4.78 is 14.7. The Morgan fingerprint density at radius 2 is 2.00 bits per heavy atom. The van der Waals surface area contributed by atoms with Crippen LogP contribution in [0.3, 0.4) is 0 Å². The molecule has 1 aromatic carbocycles. The summed E-state index contributed by atoms with van der Waals surface area (Å²) in [5.74, 6) is 0.136. The third kappa shape index (κ3) is 3.91. The number of halogens is 2. The van der Waals surface area contributed by atoms with E-state index in [9.17, 15) is 9.18 Å². The van der Waals surface area contributed by atoms with Crippen molar-refractivity contribution in [2.24, 2.45) is 11.3 Å². The van der Waals surface area contributed by atoms with E-state index in [0.717, 1.165) is 43.7 Å². The number of hydrogen-bond acceptors (Lipinski definition) is 3. The van der Waals surface area contributed by atoms with Crippen LogP contribution in [0.4, 0.5) is 4.39 Å². The van der Waals surface area contributed by atoms with E-state index in [0.29, 0.717) is 13.0 Å². The van der Waals surface area contributed by atoms with Gasteiger partial charge in [0.25, 0.3) is 0 Å². The minimum absolute atomic E-state index is 0. The molecule has 1 unspecified atom stereocenters. The Morgan fingerprint density at radius 3 is 2.73 bits per heavy atom. The molecule has 1 spiro atoms. The van der Waals surface area contributed by atoms with Gasteiger partial charge < -0.3 is 10.6 Å². The van der Waals surface area contributed by atoms with Crippen molar-refractivity contribution in [1.29, 1.82) is 0 Å². The van der Waals surface area contributed by atoms with E-state index in [4.69, 9.17) is 0 Å². The average molecular weight is 379 g/mol. The van der Waals surface area contributed by atoms with Crippen molar-refractivity contribution in [2.75, 3.05) is 19.6 Å². The molecule has 1 aliphatic carbocycles. The first kappa shape index (κ1) is 18.9. The number of amides is 1. The van der Waals surface area contributed by atoms with E-state index in [1.54, 1.807) is 16.8 Å². The lowest BCUT2D eigenvalue weighted by atomic mass is 9.92. The van der Waals surface area contributed by atoms with Crippen molar-refractivity contribution in [3.8, 4) is 5.69 Å². The number of piperidine rings is 1. The fourth-order valence-corrected chi connectivity index (χ4v) is 3.87. The number of hydrogen-bond donors (Lipinski definition) is 2. The summed E-state index contributed by atoms with van der Waals surface area (Å²) in [6.45, 7) is 2.67. The quantitative estimate of drug-likeness (QED) is 0.840. The summed E-state index contributed by atoms with van der Waals surface area (Å²) >= 11 is 0. The van der Waals surface area contributed by atoms with Gasteiger partial charge in [-0.15, -0.1) is 12.4 Å². The van der Waals surface area contributed by atoms with Crippen LogP contribution in [0.25, 0.3) is 5.69 Å². The highest BCUT2D eigenvalue weighted by Crippen LogP contribution is 2.58. The lowest BCUT2D eigenvalue weighted by molar-refractivity contribution is -0.123. The number of benzene rings is 1. The minimum Gasteiger partial charge on any atom is -0.355 e. The number of rotatable bonds is 5. The second-order valence-corrected chi connectivity index (χ2v) is 7.14. The normalized spacial score (nSPS) is 20.4. The highest BCUT2D eigenvalue weighted by atomic mass is 35.5. The number of nitrogens with zero attached hydrogens (tertiary/aromatic N) is 2. The summed E-state index contributed by atoms with van der Waals surface area (Å²) in [4.78, 5) is 12.3. The lowest BCUT2D eigenvalue weighted by Crippen LogP contribution is -2.34. The van der Waals surface area contributed by atoms with Crippen LogP contribution in [0.1, 0.15) is 25.0 Å². The van der Waals surface area contributed by atoms with E-state index >= 15 is 0 Å². The molecule has 0 radical (unpaired) electrons. The first-order chi connectivity index (χ1) is 12.2. The van der Waals surface area contributed by atoms with Crippen molar-refractivity contribution >= 4 is 18.3 Å². The van der Waals surface area contributed by atoms with Crippen molar-refractivity contribution in [3.63, 3.8) is 0 Å². The Kier molecular flexibility index (Phi) is 5.63. The van der Waals surface area contributed by atoms with Gasteiger partial charge in [-0.2, -0.15) is 5.10 Å². The molecule has 4 rings (SSSR count). The number of aromatic nitrogens is 2. The van der Waals surface area contributed by atoms with Gasteiger partial charge in [0.2, 0.25) is 5.91 Å². The topological polar surface area (TPSA) is 59.0 Å². The summed E-state index contributed by atoms with van der Waals surface area (Å²) in [7, 11) is 0. The minimum atomic E-state index is -0.259. The smallest absolute Gasteiger partial charge is 0.223 e. The fourth-order valence-electron chi connectivity index (χ4n) is 3.87. The second-order valence-electron chi connectivity index (χ2n) is 7.14. The average Bonchev–Trinajstić information content (AvgIpc) is 3.10. The van der Waals surface area contributed by atoms with E-state index in [-0.39, 0.29) is 35.5 Å². The highest BCUT2D eigenvalue weighted by Gasteiger charge is 2.57. The zero-order valence-electron chi connectivity index (χ0n) is 14.6. The zero-order valence-corrected chi connectivity index (χ0v) is 15.4. The van der Waals surface area contributed by atoms with Crippen LogP contribution in [0.15, 0.2) is 36.5 Å². The fraction of sp³-hybridized carbons (Fsp3) is 0.474. The van der Waals surface area contributed by atoms with E-state index < -0.39 is 0 Å². The van der Waals surface area contributed by atoms with Gasteiger partial charge in [-0.25, -0.2) is 9.07 Å². The molecule has 140 valence electrons. The monoisotopic (exact) mass is 378 g/mol. The molecule has 1 saturated heterocycles. The van der Waals surface area contributed by atoms with Crippen molar-refractivity contribution in [1.82, 2.24) is 20.4 Å². The van der Waals surface area contributed by atoms with Crippen LogP contribution in [0, 0.1) is 17.2 Å². The van der Waals surface area contributed by atoms with Gasteiger partial charge in [0.15, 0.2) is 0 Å². The molecule has 7 heteroatoms. The first-order valence-corrected chi connectivity index (χ1v) is 8.95. The van der Waals surface area contributed by atoms with E-state index in [1.165, 1.54) is 12.1 Å². The number of nitrogens with one attached hydrogen (secondary N) is 2. The molecule has 1 aliphatic heterocycles. The molecule has 2 fully saturated rings. The van der Waals surface area contributed by atoms with Crippen LogP contribution < -0.4 is 10.6 Å². The van der Waals surface area contributed by atoms with Crippen molar-refractivity contribution in [2.45, 2.75) is 25.7 Å². The number of carbonyl (C=O) groups excluding carboxylic acids is 1. The van der Waals surface area contributed by atoms with Crippen molar-refractivity contribution < 1.29 is 9.18 Å². The van der Waals surface area contributed by atoms with Crippen LogP contribution in [-0.2, 0) is 11.2 Å². The van der Waals surface area contributed by atoms with E-state index in [1.807, 2.05) is 12.3 Å². The molecule has 1 saturated carbocycles. The maximum atomic E-state index is 13.0. The Labute approximate surface area is 158 Å². The van der Waals surface area contributed by atoms with Gasteiger partial charge in [-0.1, -0.05) is 0 Å². The summed E-state index contributed by atoms with van der Waals surface area (Å²) in [6.07, 6.45) is 5.83. The Bertz CT molecular complexity index is 755. The SMILES string of the molecule is Cl.O=C(NCCc1ccn(-c2ccc(F)cc2)n1)C1CC12CCNCC2. The van der Waals surface area contributed by atoms with Gasteiger partial charge in [0.05, 0.1) is 11.4 Å². The van der Waals surface area contributed by atoms with E-state index in [2.05, 4.69) is 15.7 Å². The predicted molar refractivity (Wildman–Crippen MR) is 100 cm³/mol. The van der Waals surface area contributed by atoms with Crippen LogP contribution >= 0.6 is 12.4 Å². The highest BCUT2D eigenvalue weighted by molar-refractivity contribution is 5.85. The molecule has 2 aliphatic rings. The largest absolute Gasteiger partial charge is 0.355 e.